The number of nitrogens with one attached hydrogen (secondary N) is 1. The van der Waals surface area contributed by atoms with E-state index in [4.69, 9.17) is 0 Å². The minimum atomic E-state index is -1.33. The maximum Gasteiger partial charge on any atom is 0.224 e. The Morgan fingerprint density at radius 2 is 2.00 bits per heavy atom. The predicted octanol–water partition coefficient (Wildman–Crippen LogP) is 2.53. The third-order valence-electron chi connectivity index (χ3n) is 1.64. The number of hydrogen-bond acceptors (Lipinski definition) is 3. The van der Waals surface area contributed by atoms with Crippen molar-refractivity contribution in [3.63, 3.8) is 0 Å². The molecule has 0 radical (unpaired) electrons. The first kappa shape index (κ1) is 12.7. The molecule has 1 aromatic rings. The highest BCUT2D eigenvalue weighted by atomic mass is 28.3. The SMILES string of the molecule is CC(C)Nc1nccc(C#C[Si](C)(C)C)n1. The number of aromatic nitrogens is 2. The fourth-order valence-electron chi connectivity index (χ4n) is 1.01. The van der Waals surface area contributed by atoms with E-state index in [0.717, 1.165) is 5.69 Å². The van der Waals surface area contributed by atoms with Crippen LogP contribution >= 0.6 is 0 Å². The molecule has 1 aromatic heterocycles. The fraction of sp³-hybridized carbons (Fsp3) is 0.500. The molecule has 0 saturated carbocycles. The van der Waals surface area contributed by atoms with E-state index >= 15 is 0 Å². The number of nitrogens with zero attached hydrogens (tertiary/aromatic N) is 2. The molecule has 1 rings (SSSR count). The van der Waals surface area contributed by atoms with Crippen molar-refractivity contribution < 1.29 is 0 Å². The molecule has 0 aliphatic carbocycles. The summed E-state index contributed by atoms with van der Waals surface area (Å²) in [6, 6.07) is 2.18. The lowest BCUT2D eigenvalue weighted by atomic mass is 10.4. The second-order valence-corrected chi connectivity index (χ2v) is 9.81. The highest BCUT2D eigenvalue weighted by Crippen LogP contribution is 2.02. The minimum Gasteiger partial charge on any atom is -0.352 e. The first-order chi connectivity index (χ1) is 7.37. The number of anilines is 1. The normalized spacial score (nSPS) is 10.9. The molecule has 0 unspecified atom stereocenters. The van der Waals surface area contributed by atoms with Gasteiger partial charge in [-0.3, -0.25) is 0 Å². The lowest BCUT2D eigenvalue weighted by Crippen LogP contribution is -2.16. The summed E-state index contributed by atoms with van der Waals surface area (Å²) in [4.78, 5) is 8.49. The quantitative estimate of drug-likeness (QED) is 0.630. The average molecular weight is 233 g/mol. The van der Waals surface area contributed by atoms with E-state index in [0.29, 0.717) is 12.0 Å². The van der Waals surface area contributed by atoms with Gasteiger partial charge in [-0.2, -0.15) is 0 Å². The third kappa shape index (κ3) is 4.94. The van der Waals surface area contributed by atoms with Crippen LogP contribution in [0.2, 0.25) is 19.6 Å². The molecule has 0 aromatic carbocycles. The average Bonchev–Trinajstić information content (AvgIpc) is 2.13. The van der Waals surface area contributed by atoms with Crippen LogP contribution in [0, 0.1) is 11.5 Å². The minimum absolute atomic E-state index is 0.334. The Hall–Kier alpha value is -1.34. The maximum atomic E-state index is 4.34. The zero-order valence-electron chi connectivity index (χ0n) is 10.6. The van der Waals surface area contributed by atoms with E-state index in [1.165, 1.54) is 0 Å². The van der Waals surface area contributed by atoms with Crippen molar-refractivity contribution >= 4 is 14.0 Å². The van der Waals surface area contributed by atoms with Crippen LogP contribution in [-0.4, -0.2) is 24.1 Å². The molecular formula is C12H19N3Si. The molecule has 0 aliphatic heterocycles. The van der Waals surface area contributed by atoms with Crippen molar-refractivity contribution in [1.29, 1.82) is 0 Å². The van der Waals surface area contributed by atoms with Crippen molar-refractivity contribution in [2.75, 3.05) is 5.32 Å². The van der Waals surface area contributed by atoms with Gasteiger partial charge in [0, 0.05) is 12.2 Å². The molecule has 0 spiro atoms. The van der Waals surface area contributed by atoms with Gasteiger partial charge in [-0.05, 0) is 19.9 Å². The second-order valence-electron chi connectivity index (χ2n) is 5.06. The summed E-state index contributed by atoms with van der Waals surface area (Å²) in [7, 11) is -1.33. The Morgan fingerprint density at radius 3 is 2.56 bits per heavy atom. The predicted molar refractivity (Wildman–Crippen MR) is 71.0 cm³/mol. The summed E-state index contributed by atoms with van der Waals surface area (Å²) in [6.45, 7) is 10.8. The summed E-state index contributed by atoms with van der Waals surface area (Å²) in [6.07, 6.45) is 1.74. The second kappa shape index (κ2) is 5.13. The lowest BCUT2D eigenvalue weighted by Gasteiger charge is -2.07. The van der Waals surface area contributed by atoms with E-state index in [9.17, 15) is 0 Å². The van der Waals surface area contributed by atoms with Crippen LogP contribution in [0.5, 0.6) is 0 Å². The van der Waals surface area contributed by atoms with E-state index in [2.05, 4.69) is 60.2 Å². The van der Waals surface area contributed by atoms with E-state index in [-0.39, 0.29) is 0 Å². The third-order valence-corrected chi connectivity index (χ3v) is 2.51. The van der Waals surface area contributed by atoms with Gasteiger partial charge in [0.15, 0.2) is 0 Å². The molecule has 0 saturated heterocycles. The van der Waals surface area contributed by atoms with Gasteiger partial charge in [0.05, 0.1) is 0 Å². The molecule has 1 N–H and O–H groups in total. The van der Waals surface area contributed by atoms with Gasteiger partial charge in [-0.15, -0.1) is 5.54 Å². The van der Waals surface area contributed by atoms with Crippen LogP contribution in [0.15, 0.2) is 12.3 Å². The molecule has 0 atom stereocenters. The maximum absolute atomic E-state index is 4.34. The zero-order chi connectivity index (χ0) is 12.2. The van der Waals surface area contributed by atoms with Crippen molar-refractivity contribution in [1.82, 2.24) is 9.97 Å². The van der Waals surface area contributed by atoms with Crippen molar-refractivity contribution in [2.24, 2.45) is 0 Å². The number of hydrogen-bond donors (Lipinski definition) is 1. The van der Waals surface area contributed by atoms with Crippen molar-refractivity contribution in [3.8, 4) is 11.5 Å². The largest absolute Gasteiger partial charge is 0.352 e. The fourth-order valence-corrected chi connectivity index (χ4v) is 1.51. The Balaban J connectivity index is 2.85. The van der Waals surface area contributed by atoms with Gasteiger partial charge in [-0.25, -0.2) is 9.97 Å². The molecule has 16 heavy (non-hydrogen) atoms. The molecule has 3 nitrogen and oxygen atoms in total. The van der Waals surface area contributed by atoms with Gasteiger partial charge >= 0.3 is 0 Å². The molecule has 0 aliphatic rings. The monoisotopic (exact) mass is 233 g/mol. The molecule has 1 heterocycles. The highest BCUT2D eigenvalue weighted by Gasteiger charge is 2.07. The van der Waals surface area contributed by atoms with Crippen LogP contribution in [0.3, 0.4) is 0 Å². The highest BCUT2D eigenvalue weighted by molar-refractivity contribution is 6.83. The van der Waals surface area contributed by atoms with Crippen LogP contribution < -0.4 is 5.32 Å². The zero-order valence-corrected chi connectivity index (χ0v) is 11.6. The summed E-state index contributed by atoms with van der Waals surface area (Å²) in [5.74, 6) is 3.77. The van der Waals surface area contributed by atoms with Crippen molar-refractivity contribution in [3.05, 3.63) is 18.0 Å². The first-order valence-electron chi connectivity index (χ1n) is 5.49. The Bertz CT molecular complexity index is 410. The topological polar surface area (TPSA) is 37.8 Å². The van der Waals surface area contributed by atoms with Crippen LogP contribution in [0.1, 0.15) is 19.5 Å². The van der Waals surface area contributed by atoms with E-state index in [1.807, 2.05) is 6.07 Å². The van der Waals surface area contributed by atoms with Crippen LogP contribution in [0.4, 0.5) is 5.95 Å². The van der Waals surface area contributed by atoms with E-state index in [1.54, 1.807) is 6.20 Å². The Morgan fingerprint density at radius 1 is 1.31 bits per heavy atom. The molecule has 0 amide bonds. The molecule has 4 heteroatoms. The Labute approximate surface area is 98.7 Å². The van der Waals surface area contributed by atoms with Gasteiger partial charge in [-0.1, -0.05) is 25.6 Å². The van der Waals surface area contributed by atoms with Gasteiger partial charge in [0.2, 0.25) is 5.95 Å². The van der Waals surface area contributed by atoms with Gasteiger partial charge in [0.1, 0.15) is 13.8 Å². The molecule has 0 bridgehead atoms. The first-order valence-corrected chi connectivity index (χ1v) is 8.99. The molecule has 86 valence electrons. The van der Waals surface area contributed by atoms with Crippen LogP contribution in [-0.2, 0) is 0 Å². The standard InChI is InChI=1S/C12H19N3Si/c1-10(2)14-12-13-8-6-11(15-12)7-9-16(3,4)5/h6,8,10H,1-5H3,(H,13,14,15). The van der Waals surface area contributed by atoms with E-state index < -0.39 is 8.07 Å². The van der Waals surface area contributed by atoms with Gasteiger partial charge < -0.3 is 5.32 Å². The summed E-state index contributed by atoms with van der Waals surface area (Å²) >= 11 is 0. The van der Waals surface area contributed by atoms with Crippen molar-refractivity contribution in [2.45, 2.75) is 39.5 Å². The summed E-state index contributed by atoms with van der Waals surface area (Å²) in [5.41, 5.74) is 4.08. The smallest absolute Gasteiger partial charge is 0.224 e. The van der Waals surface area contributed by atoms with Crippen LogP contribution in [0.25, 0.3) is 0 Å². The molecule has 0 fully saturated rings. The van der Waals surface area contributed by atoms with Gasteiger partial charge in [0.25, 0.3) is 0 Å². The number of rotatable bonds is 2. The summed E-state index contributed by atoms with van der Waals surface area (Å²) < 4.78 is 0. The molecular weight excluding hydrogens is 214 g/mol. The summed E-state index contributed by atoms with van der Waals surface area (Å²) in [5, 5.41) is 3.16. The Kier molecular flexibility index (Phi) is 4.08. The lowest BCUT2D eigenvalue weighted by molar-refractivity contribution is 0.873.